The molecule has 2 aromatic carbocycles. The number of imidazole rings is 1. The molecular formula is C16H14FN3O2S. The summed E-state index contributed by atoms with van der Waals surface area (Å²) in [7, 11) is -3.76. The van der Waals surface area contributed by atoms with Gasteiger partial charge < -0.3 is 4.57 Å². The fourth-order valence-electron chi connectivity index (χ4n) is 2.11. The van der Waals surface area contributed by atoms with E-state index in [-0.39, 0.29) is 10.5 Å². The van der Waals surface area contributed by atoms with Gasteiger partial charge in [0.15, 0.2) is 0 Å². The van der Waals surface area contributed by atoms with E-state index in [1.807, 2.05) is 4.57 Å². The lowest BCUT2D eigenvalue weighted by molar-refractivity contribution is 0.598. The number of hydrogen-bond donors (Lipinski definition) is 1. The monoisotopic (exact) mass is 331 g/mol. The molecule has 0 radical (unpaired) electrons. The van der Waals surface area contributed by atoms with Crippen LogP contribution in [0.15, 0.2) is 66.1 Å². The molecule has 118 valence electrons. The maximum atomic E-state index is 13.3. The molecule has 0 aliphatic carbocycles. The normalized spacial score (nSPS) is 11.4. The van der Waals surface area contributed by atoms with Gasteiger partial charge in [0.2, 0.25) is 0 Å². The maximum Gasteiger partial charge on any atom is 0.261 e. The summed E-state index contributed by atoms with van der Waals surface area (Å²) in [6.45, 7) is 1.52. The van der Waals surface area contributed by atoms with Crippen molar-refractivity contribution in [3.8, 4) is 5.69 Å². The highest BCUT2D eigenvalue weighted by Crippen LogP contribution is 2.19. The fourth-order valence-corrected chi connectivity index (χ4v) is 3.26. The van der Waals surface area contributed by atoms with Crippen LogP contribution in [-0.2, 0) is 10.0 Å². The lowest BCUT2D eigenvalue weighted by Gasteiger charge is -2.10. The Bertz CT molecular complexity index is 920. The lowest BCUT2D eigenvalue weighted by Crippen LogP contribution is -2.13. The maximum absolute atomic E-state index is 13.3. The van der Waals surface area contributed by atoms with Gasteiger partial charge in [-0.15, -0.1) is 0 Å². The van der Waals surface area contributed by atoms with Gasteiger partial charge in [0.25, 0.3) is 10.0 Å². The van der Waals surface area contributed by atoms with Crippen molar-refractivity contribution >= 4 is 15.7 Å². The molecule has 3 aromatic rings. The van der Waals surface area contributed by atoms with Gasteiger partial charge >= 0.3 is 0 Å². The van der Waals surface area contributed by atoms with Crippen molar-refractivity contribution in [3.05, 3.63) is 72.6 Å². The largest absolute Gasteiger partial charge is 0.306 e. The highest BCUT2D eigenvalue weighted by Gasteiger charge is 2.15. The van der Waals surface area contributed by atoms with Crippen LogP contribution in [0.2, 0.25) is 0 Å². The average molecular weight is 331 g/mol. The van der Waals surface area contributed by atoms with E-state index >= 15 is 0 Å². The molecule has 23 heavy (non-hydrogen) atoms. The van der Waals surface area contributed by atoms with E-state index in [9.17, 15) is 12.8 Å². The summed E-state index contributed by atoms with van der Waals surface area (Å²) >= 11 is 0. The van der Waals surface area contributed by atoms with Gasteiger partial charge in [-0.05, 0) is 55.0 Å². The molecule has 1 heterocycles. The third-order valence-corrected chi connectivity index (χ3v) is 4.74. The molecular weight excluding hydrogens is 317 g/mol. The molecule has 7 heteroatoms. The van der Waals surface area contributed by atoms with Crippen molar-refractivity contribution in [1.29, 1.82) is 0 Å². The van der Waals surface area contributed by atoms with E-state index in [2.05, 4.69) is 9.71 Å². The molecule has 0 unspecified atom stereocenters. The molecule has 0 fully saturated rings. The minimum Gasteiger partial charge on any atom is -0.306 e. The summed E-state index contributed by atoms with van der Waals surface area (Å²) in [5.74, 6) is -0.436. The summed E-state index contributed by atoms with van der Waals surface area (Å²) in [5, 5.41) is 0. The second-order valence-corrected chi connectivity index (χ2v) is 6.72. The van der Waals surface area contributed by atoms with Crippen molar-refractivity contribution in [3.63, 3.8) is 0 Å². The van der Waals surface area contributed by atoms with E-state index < -0.39 is 15.8 Å². The minimum absolute atomic E-state index is 0.0232. The second kappa shape index (κ2) is 5.85. The van der Waals surface area contributed by atoms with Crippen LogP contribution in [-0.4, -0.2) is 18.0 Å². The summed E-state index contributed by atoms with van der Waals surface area (Å²) in [6, 6.07) is 10.5. The van der Waals surface area contributed by atoms with Crippen molar-refractivity contribution in [2.45, 2.75) is 11.8 Å². The molecule has 0 aliphatic heterocycles. The third-order valence-electron chi connectivity index (χ3n) is 3.36. The number of aryl methyl sites for hydroxylation is 1. The van der Waals surface area contributed by atoms with Crippen molar-refractivity contribution in [1.82, 2.24) is 9.55 Å². The van der Waals surface area contributed by atoms with Gasteiger partial charge in [0.1, 0.15) is 5.82 Å². The molecule has 0 aliphatic rings. The topological polar surface area (TPSA) is 64.0 Å². The van der Waals surface area contributed by atoms with Crippen LogP contribution in [0, 0.1) is 12.7 Å². The first-order chi connectivity index (χ1) is 11.0. The van der Waals surface area contributed by atoms with E-state index in [0.29, 0.717) is 5.69 Å². The molecule has 3 rings (SSSR count). The number of nitrogens with zero attached hydrogens (tertiary/aromatic N) is 2. The molecule has 1 N–H and O–H groups in total. The van der Waals surface area contributed by atoms with Crippen LogP contribution in [0.25, 0.3) is 5.69 Å². The van der Waals surface area contributed by atoms with Crippen LogP contribution < -0.4 is 4.72 Å². The molecule has 0 saturated heterocycles. The first kappa shape index (κ1) is 15.2. The minimum atomic E-state index is -3.76. The predicted octanol–water partition coefficient (Wildman–Crippen LogP) is 3.12. The Labute approximate surface area is 133 Å². The van der Waals surface area contributed by atoms with Crippen molar-refractivity contribution in [2.75, 3.05) is 4.72 Å². The number of halogens is 1. The summed E-state index contributed by atoms with van der Waals surface area (Å²) in [4.78, 5) is 3.98. The summed E-state index contributed by atoms with van der Waals surface area (Å²) < 4.78 is 42.2. The van der Waals surface area contributed by atoms with E-state index in [0.717, 1.165) is 11.8 Å². The smallest absolute Gasteiger partial charge is 0.261 e. The van der Waals surface area contributed by atoms with Crippen LogP contribution in [0.4, 0.5) is 10.1 Å². The molecule has 0 amide bonds. The van der Waals surface area contributed by atoms with Crippen LogP contribution in [0.3, 0.4) is 0 Å². The highest BCUT2D eigenvalue weighted by molar-refractivity contribution is 7.92. The van der Waals surface area contributed by atoms with Gasteiger partial charge in [-0.3, -0.25) is 4.72 Å². The molecule has 0 atom stereocenters. The Balaban J connectivity index is 1.84. The number of rotatable bonds is 4. The molecule has 0 bridgehead atoms. The Morgan fingerprint density at radius 3 is 2.48 bits per heavy atom. The van der Waals surface area contributed by atoms with E-state index in [4.69, 9.17) is 0 Å². The van der Waals surface area contributed by atoms with Crippen molar-refractivity contribution < 1.29 is 12.8 Å². The Morgan fingerprint density at radius 2 is 1.87 bits per heavy atom. The lowest BCUT2D eigenvalue weighted by atomic mass is 10.2. The number of sulfonamides is 1. The number of nitrogens with one attached hydrogen (secondary N) is 1. The summed E-state index contributed by atoms with van der Waals surface area (Å²) in [6.07, 6.45) is 5.11. The van der Waals surface area contributed by atoms with Gasteiger partial charge in [-0.2, -0.15) is 0 Å². The number of benzene rings is 2. The first-order valence-electron chi connectivity index (χ1n) is 6.83. The van der Waals surface area contributed by atoms with Crippen LogP contribution >= 0.6 is 0 Å². The summed E-state index contributed by atoms with van der Waals surface area (Å²) in [5.41, 5.74) is 1.57. The molecule has 1 aromatic heterocycles. The molecule has 0 spiro atoms. The van der Waals surface area contributed by atoms with Gasteiger partial charge in [-0.25, -0.2) is 17.8 Å². The molecule has 5 nitrogen and oxygen atoms in total. The highest BCUT2D eigenvalue weighted by atomic mass is 32.2. The first-order valence-corrected chi connectivity index (χ1v) is 8.31. The SMILES string of the molecule is Cc1cc(S(=O)(=O)Nc2ccc(-n3ccnc3)cc2)ccc1F. The van der Waals surface area contributed by atoms with Crippen LogP contribution in [0.5, 0.6) is 0 Å². The zero-order valence-corrected chi connectivity index (χ0v) is 13.1. The number of anilines is 1. The van der Waals surface area contributed by atoms with Gasteiger partial charge in [0.05, 0.1) is 11.2 Å². The van der Waals surface area contributed by atoms with E-state index in [1.54, 1.807) is 43.0 Å². The standard InChI is InChI=1S/C16H14FN3O2S/c1-12-10-15(6-7-16(12)17)23(21,22)19-13-2-4-14(5-3-13)20-9-8-18-11-20/h2-11,19H,1H3. The quantitative estimate of drug-likeness (QED) is 0.799. The Morgan fingerprint density at radius 1 is 1.13 bits per heavy atom. The van der Waals surface area contributed by atoms with E-state index in [1.165, 1.54) is 19.1 Å². The Hall–Kier alpha value is -2.67. The van der Waals surface area contributed by atoms with Crippen molar-refractivity contribution in [2.24, 2.45) is 0 Å². The average Bonchev–Trinajstić information content (AvgIpc) is 3.04. The Kier molecular flexibility index (Phi) is 3.87. The number of hydrogen-bond acceptors (Lipinski definition) is 3. The third kappa shape index (κ3) is 3.24. The fraction of sp³-hybridized carbons (Fsp3) is 0.0625. The predicted molar refractivity (Wildman–Crippen MR) is 85.5 cm³/mol. The van der Waals surface area contributed by atoms with Gasteiger partial charge in [0, 0.05) is 23.8 Å². The van der Waals surface area contributed by atoms with Gasteiger partial charge in [-0.1, -0.05) is 0 Å². The zero-order valence-electron chi connectivity index (χ0n) is 12.3. The molecule has 0 saturated carbocycles. The second-order valence-electron chi connectivity index (χ2n) is 5.03. The zero-order chi connectivity index (χ0) is 16.4. The van der Waals surface area contributed by atoms with Crippen LogP contribution in [0.1, 0.15) is 5.56 Å². The number of aromatic nitrogens is 2.